The molecule has 0 aliphatic rings. The molecule has 0 unspecified atom stereocenters. The van der Waals surface area contributed by atoms with Gasteiger partial charge < -0.3 is 19.5 Å². The fourth-order valence-corrected chi connectivity index (χ4v) is 2.75. The summed E-state index contributed by atoms with van der Waals surface area (Å²) in [6.45, 7) is 4.73. The quantitative estimate of drug-likeness (QED) is 0.388. The second-order valence-electron chi connectivity index (χ2n) is 6.73. The zero-order valence-electron chi connectivity index (χ0n) is 17.0. The third kappa shape index (κ3) is 7.41. The molecule has 0 fully saturated rings. The first-order valence-electron chi connectivity index (χ1n) is 10.2. The Labute approximate surface area is 173 Å². The van der Waals surface area contributed by atoms with Gasteiger partial charge in [0.05, 0.1) is 6.61 Å². The summed E-state index contributed by atoms with van der Waals surface area (Å²) < 4.78 is 17.1. The summed E-state index contributed by atoms with van der Waals surface area (Å²) in [5.41, 5.74) is 2.27. The van der Waals surface area contributed by atoms with Gasteiger partial charge in [0.15, 0.2) is 0 Å². The second kappa shape index (κ2) is 11.6. The molecule has 0 heterocycles. The summed E-state index contributed by atoms with van der Waals surface area (Å²) in [6.07, 6.45) is 2.23. The maximum atomic E-state index is 5.73. The fraction of sp³-hybridized carbons (Fsp3) is 0.280. The van der Waals surface area contributed by atoms with E-state index in [9.17, 15) is 0 Å². The molecule has 0 amide bonds. The minimum atomic E-state index is 0.508. The predicted octanol–water partition coefficient (Wildman–Crippen LogP) is 5.94. The van der Waals surface area contributed by atoms with Crippen LogP contribution in [-0.4, -0.2) is 19.8 Å². The molecule has 0 saturated heterocycles. The van der Waals surface area contributed by atoms with Crippen LogP contribution < -0.4 is 19.5 Å². The van der Waals surface area contributed by atoms with Crippen LogP contribution in [0.2, 0.25) is 0 Å². The Bertz CT molecular complexity index is 817. The Morgan fingerprint density at radius 2 is 1.17 bits per heavy atom. The zero-order chi connectivity index (χ0) is 20.2. The summed E-state index contributed by atoms with van der Waals surface area (Å²) in [6, 6.07) is 26.0. The average molecular weight is 392 g/mol. The van der Waals surface area contributed by atoms with Gasteiger partial charge in [-0.05, 0) is 60.5 Å². The molecule has 0 aliphatic heterocycles. The van der Waals surface area contributed by atoms with Crippen LogP contribution in [0.25, 0.3) is 0 Å². The minimum absolute atomic E-state index is 0.508. The number of unbranched alkanes of at least 4 members (excludes halogenated alkanes) is 1. The topological polar surface area (TPSA) is 39.7 Å². The highest BCUT2D eigenvalue weighted by atomic mass is 16.5. The van der Waals surface area contributed by atoms with Crippen LogP contribution in [0.4, 0.5) is 5.69 Å². The number of ether oxygens (including phenoxy) is 3. The lowest BCUT2D eigenvalue weighted by Gasteiger charge is -2.10. The third-order valence-corrected chi connectivity index (χ3v) is 4.40. The minimum Gasteiger partial charge on any atom is -0.494 e. The van der Waals surface area contributed by atoms with Gasteiger partial charge in [-0.1, -0.05) is 43.7 Å². The van der Waals surface area contributed by atoms with Crippen molar-refractivity contribution in [3.8, 4) is 17.2 Å². The van der Waals surface area contributed by atoms with Crippen LogP contribution in [0.15, 0.2) is 78.9 Å². The molecule has 4 heteroatoms. The number of benzene rings is 3. The Kier molecular flexibility index (Phi) is 8.27. The van der Waals surface area contributed by atoms with Gasteiger partial charge >= 0.3 is 0 Å². The number of rotatable bonds is 12. The van der Waals surface area contributed by atoms with Gasteiger partial charge in [-0.25, -0.2) is 0 Å². The van der Waals surface area contributed by atoms with Crippen LogP contribution in [0, 0.1) is 0 Å². The number of anilines is 1. The van der Waals surface area contributed by atoms with E-state index < -0.39 is 0 Å². The Morgan fingerprint density at radius 3 is 1.79 bits per heavy atom. The Hall–Kier alpha value is -3.14. The van der Waals surface area contributed by atoms with Crippen molar-refractivity contribution in [1.82, 2.24) is 0 Å². The monoisotopic (exact) mass is 391 g/mol. The molecular weight excluding hydrogens is 362 g/mol. The van der Waals surface area contributed by atoms with E-state index in [1.807, 2.05) is 66.7 Å². The standard InChI is InChI=1S/C25H29NO3/c1-2-3-17-27-24-13-9-21(10-14-24)20-26-22-11-15-25(16-12-22)29-19-18-28-23-7-5-4-6-8-23/h4-16,26H,2-3,17-20H2,1H3. The molecule has 0 radical (unpaired) electrons. The lowest BCUT2D eigenvalue weighted by Crippen LogP contribution is -2.08. The van der Waals surface area contributed by atoms with Gasteiger partial charge in [-0.3, -0.25) is 0 Å². The third-order valence-electron chi connectivity index (χ3n) is 4.40. The van der Waals surface area contributed by atoms with Crippen molar-refractivity contribution >= 4 is 5.69 Å². The van der Waals surface area contributed by atoms with E-state index in [1.54, 1.807) is 0 Å². The predicted molar refractivity (Wildman–Crippen MR) is 118 cm³/mol. The summed E-state index contributed by atoms with van der Waals surface area (Å²) in [5, 5.41) is 3.43. The lowest BCUT2D eigenvalue weighted by atomic mass is 10.2. The van der Waals surface area contributed by atoms with E-state index >= 15 is 0 Å². The van der Waals surface area contributed by atoms with Gasteiger partial charge in [0.25, 0.3) is 0 Å². The first kappa shape index (κ1) is 20.6. The second-order valence-corrected chi connectivity index (χ2v) is 6.73. The normalized spacial score (nSPS) is 10.4. The van der Waals surface area contributed by atoms with E-state index in [2.05, 4.69) is 24.4 Å². The summed E-state index contributed by atoms with van der Waals surface area (Å²) >= 11 is 0. The van der Waals surface area contributed by atoms with E-state index in [-0.39, 0.29) is 0 Å². The highest BCUT2D eigenvalue weighted by molar-refractivity contribution is 5.47. The Balaban J connectivity index is 1.36. The number of hydrogen-bond acceptors (Lipinski definition) is 4. The maximum Gasteiger partial charge on any atom is 0.122 e. The average Bonchev–Trinajstić information content (AvgIpc) is 2.78. The molecule has 3 aromatic rings. The largest absolute Gasteiger partial charge is 0.494 e. The van der Waals surface area contributed by atoms with Crippen LogP contribution in [-0.2, 0) is 6.54 Å². The van der Waals surface area contributed by atoms with Gasteiger partial charge in [-0.15, -0.1) is 0 Å². The van der Waals surface area contributed by atoms with E-state index in [1.165, 1.54) is 5.56 Å². The molecule has 152 valence electrons. The summed E-state index contributed by atoms with van der Waals surface area (Å²) in [4.78, 5) is 0. The van der Waals surface area contributed by atoms with Crippen molar-refractivity contribution in [2.75, 3.05) is 25.1 Å². The number of hydrogen-bond donors (Lipinski definition) is 1. The highest BCUT2D eigenvalue weighted by Gasteiger charge is 1.99. The van der Waals surface area contributed by atoms with Crippen molar-refractivity contribution in [3.05, 3.63) is 84.4 Å². The molecule has 0 bridgehead atoms. The molecule has 3 rings (SSSR count). The van der Waals surface area contributed by atoms with Crippen molar-refractivity contribution in [2.24, 2.45) is 0 Å². The molecule has 0 atom stereocenters. The first-order chi connectivity index (χ1) is 14.3. The molecule has 4 nitrogen and oxygen atoms in total. The molecule has 0 aromatic heterocycles. The van der Waals surface area contributed by atoms with Crippen LogP contribution in [0.3, 0.4) is 0 Å². The fourth-order valence-electron chi connectivity index (χ4n) is 2.75. The molecule has 1 N–H and O–H groups in total. The van der Waals surface area contributed by atoms with Gasteiger partial charge in [-0.2, -0.15) is 0 Å². The van der Waals surface area contributed by atoms with Crippen LogP contribution in [0.5, 0.6) is 17.2 Å². The molecule has 0 aliphatic carbocycles. The molecule has 0 saturated carbocycles. The van der Waals surface area contributed by atoms with E-state index in [4.69, 9.17) is 14.2 Å². The van der Waals surface area contributed by atoms with E-state index in [0.29, 0.717) is 13.2 Å². The Morgan fingerprint density at radius 1 is 0.621 bits per heavy atom. The zero-order valence-corrected chi connectivity index (χ0v) is 17.0. The van der Waals surface area contributed by atoms with Crippen molar-refractivity contribution in [1.29, 1.82) is 0 Å². The van der Waals surface area contributed by atoms with Gasteiger partial charge in [0.2, 0.25) is 0 Å². The number of nitrogens with one attached hydrogen (secondary N) is 1. The maximum absolute atomic E-state index is 5.73. The van der Waals surface area contributed by atoms with Crippen molar-refractivity contribution < 1.29 is 14.2 Å². The summed E-state index contributed by atoms with van der Waals surface area (Å²) in [7, 11) is 0. The SMILES string of the molecule is CCCCOc1ccc(CNc2ccc(OCCOc3ccccc3)cc2)cc1. The van der Waals surface area contributed by atoms with Crippen LogP contribution in [0.1, 0.15) is 25.3 Å². The van der Waals surface area contributed by atoms with Gasteiger partial charge in [0, 0.05) is 12.2 Å². The molecule has 0 spiro atoms. The van der Waals surface area contributed by atoms with Gasteiger partial charge in [0.1, 0.15) is 30.5 Å². The highest BCUT2D eigenvalue weighted by Crippen LogP contribution is 2.18. The smallest absolute Gasteiger partial charge is 0.122 e. The van der Waals surface area contributed by atoms with Crippen molar-refractivity contribution in [2.45, 2.75) is 26.3 Å². The van der Waals surface area contributed by atoms with E-state index in [0.717, 1.165) is 48.9 Å². The van der Waals surface area contributed by atoms with Crippen molar-refractivity contribution in [3.63, 3.8) is 0 Å². The van der Waals surface area contributed by atoms with Crippen LogP contribution >= 0.6 is 0 Å². The molecular formula is C25H29NO3. The number of para-hydroxylation sites is 1. The molecule has 29 heavy (non-hydrogen) atoms. The lowest BCUT2D eigenvalue weighted by molar-refractivity contribution is 0.217. The first-order valence-corrected chi connectivity index (χ1v) is 10.2. The molecule has 3 aromatic carbocycles. The summed E-state index contributed by atoms with van der Waals surface area (Å²) in [5.74, 6) is 2.62.